The maximum Gasteiger partial charge on any atom is 0.293 e. The third kappa shape index (κ3) is 2.81. The molecule has 1 N–H and O–H groups in total. The zero-order valence-corrected chi connectivity index (χ0v) is 12.2. The Labute approximate surface area is 123 Å². The molecule has 1 aromatic rings. The molecule has 1 amide bonds. The lowest BCUT2D eigenvalue weighted by Crippen LogP contribution is -2.41. The van der Waals surface area contributed by atoms with E-state index in [4.69, 9.17) is 4.74 Å². The Morgan fingerprint density at radius 3 is 3.10 bits per heavy atom. The van der Waals surface area contributed by atoms with Crippen LogP contribution < -0.4 is 15.6 Å². The molecule has 114 valence electrons. The zero-order valence-electron chi connectivity index (χ0n) is 12.2. The monoisotopic (exact) mass is 291 g/mol. The highest BCUT2D eigenvalue weighted by Gasteiger charge is 2.36. The maximum absolute atomic E-state index is 12.4. The van der Waals surface area contributed by atoms with Gasteiger partial charge in [0, 0.05) is 25.3 Å². The van der Waals surface area contributed by atoms with Gasteiger partial charge in [-0.25, -0.2) is 0 Å². The van der Waals surface area contributed by atoms with Crippen LogP contribution in [0.5, 0.6) is 5.75 Å². The topological polar surface area (TPSA) is 63.6 Å². The molecule has 6 heteroatoms. The van der Waals surface area contributed by atoms with Crippen molar-refractivity contribution in [3.05, 3.63) is 28.7 Å². The van der Waals surface area contributed by atoms with Gasteiger partial charge in [-0.3, -0.25) is 9.59 Å². The molecule has 2 aliphatic rings. The van der Waals surface area contributed by atoms with Crippen molar-refractivity contribution in [2.24, 2.45) is 5.92 Å². The summed E-state index contributed by atoms with van der Waals surface area (Å²) < 4.78 is 6.41. The number of rotatable bonds is 3. The molecule has 2 aliphatic heterocycles. The predicted octanol–water partition coefficient (Wildman–Crippen LogP) is 0.0673. The van der Waals surface area contributed by atoms with Crippen LogP contribution in [-0.4, -0.2) is 48.2 Å². The first kappa shape index (κ1) is 14.1. The van der Waals surface area contributed by atoms with Crippen LogP contribution in [0.1, 0.15) is 12.8 Å². The summed E-state index contributed by atoms with van der Waals surface area (Å²) in [6, 6.07) is 3.75. The fourth-order valence-electron chi connectivity index (χ4n) is 3.29. The van der Waals surface area contributed by atoms with E-state index in [0.29, 0.717) is 12.0 Å². The van der Waals surface area contributed by atoms with Crippen molar-refractivity contribution in [1.82, 2.24) is 14.8 Å². The zero-order chi connectivity index (χ0) is 14.8. The van der Waals surface area contributed by atoms with Crippen LogP contribution in [0.15, 0.2) is 23.1 Å². The molecule has 0 spiro atoms. The number of amides is 1. The van der Waals surface area contributed by atoms with Crippen molar-refractivity contribution in [1.29, 1.82) is 0 Å². The standard InChI is InChI=1S/C15H21N3O3/c1-21-13-5-3-7-17(15(13)20)10-14(19)18-8-11-4-2-6-16-12(11)9-18/h3,5,7,11-12,16H,2,4,6,8-10H2,1H3/t11-,12+/m0/s1. The number of nitrogens with one attached hydrogen (secondary N) is 1. The highest BCUT2D eigenvalue weighted by atomic mass is 16.5. The Balaban J connectivity index is 1.68. The number of nitrogens with zero attached hydrogens (tertiary/aromatic N) is 2. The van der Waals surface area contributed by atoms with Crippen LogP contribution >= 0.6 is 0 Å². The molecule has 0 saturated carbocycles. The van der Waals surface area contributed by atoms with Crippen LogP contribution in [0.2, 0.25) is 0 Å². The van der Waals surface area contributed by atoms with Crippen LogP contribution in [-0.2, 0) is 11.3 Å². The summed E-state index contributed by atoms with van der Waals surface area (Å²) in [6.45, 7) is 2.67. The van der Waals surface area contributed by atoms with Gasteiger partial charge in [0.05, 0.1) is 7.11 Å². The highest BCUT2D eigenvalue weighted by Crippen LogP contribution is 2.24. The Morgan fingerprint density at radius 1 is 1.48 bits per heavy atom. The maximum atomic E-state index is 12.4. The van der Waals surface area contributed by atoms with E-state index >= 15 is 0 Å². The van der Waals surface area contributed by atoms with Gasteiger partial charge in [-0.15, -0.1) is 0 Å². The summed E-state index contributed by atoms with van der Waals surface area (Å²) in [5.74, 6) is 0.827. The molecule has 2 atom stereocenters. The van der Waals surface area contributed by atoms with Crippen LogP contribution in [0, 0.1) is 5.92 Å². The number of methoxy groups -OCH3 is 1. The number of hydrogen-bond donors (Lipinski definition) is 1. The molecule has 2 fully saturated rings. The summed E-state index contributed by atoms with van der Waals surface area (Å²) in [7, 11) is 1.46. The third-order valence-corrected chi connectivity index (χ3v) is 4.46. The minimum atomic E-state index is -0.261. The Bertz CT molecular complexity index is 570. The molecule has 6 nitrogen and oxygen atoms in total. The van der Waals surface area contributed by atoms with Gasteiger partial charge in [-0.1, -0.05) is 0 Å². The van der Waals surface area contributed by atoms with E-state index in [1.807, 2.05) is 4.90 Å². The van der Waals surface area contributed by atoms with E-state index in [9.17, 15) is 9.59 Å². The molecule has 3 heterocycles. The van der Waals surface area contributed by atoms with Gasteiger partial charge >= 0.3 is 0 Å². The first-order chi connectivity index (χ1) is 10.2. The fourth-order valence-corrected chi connectivity index (χ4v) is 3.29. The predicted molar refractivity (Wildman–Crippen MR) is 78.3 cm³/mol. The van der Waals surface area contributed by atoms with E-state index < -0.39 is 0 Å². The SMILES string of the molecule is COc1cccn(CC(=O)N2C[C@@H]3CCCN[C@@H]3C2)c1=O. The number of carbonyl (C=O) groups excluding carboxylic acids is 1. The molecule has 1 aromatic heterocycles. The number of likely N-dealkylation sites (tertiary alicyclic amines) is 1. The van der Waals surface area contributed by atoms with Crippen molar-refractivity contribution in [2.75, 3.05) is 26.7 Å². The number of ether oxygens (including phenoxy) is 1. The first-order valence-electron chi connectivity index (χ1n) is 7.43. The van der Waals surface area contributed by atoms with Crippen molar-refractivity contribution in [3.8, 4) is 5.75 Å². The van der Waals surface area contributed by atoms with Crippen LogP contribution in [0.4, 0.5) is 0 Å². The molecule has 21 heavy (non-hydrogen) atoms. The minimum absolute atomic E-state index is 0.00144. The molecule has 3 rings (SSSR count). The molecule has 0 bridgehead atoms. The number of fused-ring (bicyclic) bond motifs is 1. The second-order valence-corrected chi connectivity index (χ2v) is 5.77. The average Bonchev–Trinajstić information content (AvgIpc) is 2.93. The molecule has 0 aromatic carbocycles. The molecule has 0 aliphatic carbocycles. The van der Waals surface area contributed by atoms with Gasteiger partial charge in [0.15, 0.2) is 5.75 Å². The Hall–Kier alpha value is -1.82. The smallest absolute Gasteiger partial charge is 0.293 e. The van der Waals surface area contributed by atoms with Crippen molar-refractivity contribution in [3.63, 3.8) is 0 Å². The Kier molecular flexibility index (Phi) is 3.96. The number of aromatic nitrogens is 1. The highest BCUT2D eigenvalue weighted by molar-refractivity contribution is 5.76. The van der Waals surface area contributed by atoms with Gasteiger partial charge in [0.25, 0.3) is 5.56 Å². The van der Waals surface area contributed by atoms with E-state index in [1.54, 1.807) is 18.3 Å². The minimum Gasteiger partial charge on any atom is -0.491 e. The first-order valence-corrected chi connectivity index (χ1v) is 7.43. The van der Waals surface area contributed by atoms with Crippen molar-refractivity contribution >= 4 is 5.91 Å². The largest absolute Gasteiger partial charge is 0.491 e. The number of hydrogen-bond acceptors (Lipinski definition) is 4. The van der Waals surface area contributed by atoms with Crippen LogP contribution in [0.3, 0.4) is 0 Å². The fraction of sp³-hybridized carbons (Fsp3) is 0.600. The number of carbonyl (C=O) groups is 1. The summed E-state index contributed by atoms with van der Waals surface area (Å²) in [6.07, 6.45) is 3.99. The summed E-state index contributed by atoms with van der Waals surface area (Å²) in [5, 5.41) is 3.48. The molecular formula is C15H21N3O3. The number of pyridine rings is 1. The normalized spacial score (nSPS) is 24.7. The lowest BCUT2D eigenvalue weighted by Gasteiger charge is -2.24. The second-order valence-electron chi connectivity index (χ2n) is 5.77. The molecular weight excluding hydrogens is 270 g/mol. The molecule has 0 radical (unpaired) electrons. The summed E-state index contributed by atoms with van der Waals surface area (Å²) >= 11 is 0. The van der Waals surface area contributed by atoms with E-state index in [1.165, 1.54) is 24.5 Å². The van der Waals surface area contributed by atoms with Gasteiger partial charge in [0.2, 0.25) is 5.91 Å². The third-order valence-electron chi connectivity index (χ3n) is 4.46. The van der Waals surface area contributed by atoms with E-state index in [0.717, 1.165) is 19.6 Å². The van der Waals surface area contributed by atoms with E-state index in [-0.39, 0.29) is 23.8 Å². The van der Waals surface area contributed by atoms with E-state index in [2.05, 4.69) is 5.32 Å². The summed E-state index contributed by atoms with van der Waals surface area (Å²) in [5.41, 5.74) is -0.261. The van der Waals surface area contributed by atoms with Gasteiger partial charge in [-0.05, 0) is 37.4 Å². The van der Waals surface area contributed by atoms with Crippen molar-refractivity contribution in [2.45, 2.75) is 25.4 Å². The van der Waals surface area contributed by atoms with Crippen molar-refractivity contribution < 1.29 is 9.53 Å². The lowest BCUT2D eigenvalue weighted by molar-refractivity contribution is -0.131. The lowest BCUT2D eigenvalue weighted by atomic mass is 9.94. The molecule has 0 unspecified atom stereocenters. The second kappa shape index (κ2) is 5.89. The molecule has 2 saturated heterocycles. The Morgan fingerprint density at radius 2 is 2.33 bits per heavy atom. The van der Waals surface area contributed by atoms with Crippen LogP contribution in [0.25, 0.3) is 0 Å². The van der Waals surface area contributed by atoms with Gasteiger partial charge < -0.3 is 19.5 Å². The summed E-state index contributed by atoms with van der Waals surface area (Å²) in [4.78, 5) is 26.3. The average molecular weight is 291 g/mol. The van der Waals surface area contributed by atoms with Gasteiger partial charge in [-0.2, -0.15) is 0 Å². The number of piperidine rings is 1. The van der Waals surface area contributed by atoms with Gasteiger partial charge in [0.1, 0.15) is 6.54 Å². The quantitative estimate of drug-likeness (QED) is 0.856.